The Balaban J connectivity index is 1.50. The second kappa shape index (κ2) is 6.73. The maximum atomic E-state index is 13.2. The normalized spacial score (nSPS) is 15.5. The molecule has 0 amide bonds. The van der Waals surface area contributed by atoms with E-state index in [1.54, 1.807) is 6.07 Å². The Morgan fingerprint density at radius 1 is 0.958 bits per heavy atom. The zero-order valence-electron chi connectivity index (χ0n) is 13.4. The summed E-state index contributed by atoms with van der Waals surface area (Å²) in [6, 6.07) is 13.4. The molecule has 0 radical (unpaired) electrons. The van der Waals surface area contributed by atoms with Crippen LogP contribution in [0.2, 0.25) is 0 Å². The molecule has 1 saturated heterocycles. The molecule has 3 aromatic rings. The first-order chi connectivity index (χ1) is 11.8. The highest BCUT2D eigenvalue weighted by Crippen LogP contribution is 2.25. The molecule has 0 unspecified atom stereocenters. The van der Waals surface area contributed by atoms with E-state index < -0.39 is 0 Å². The minimum absolute atomic E-state index is 0.213. The van der Waals surface area contributed by atoms with Crippen molar-refractivity contribution in [2.75, 3.05) is 18.0 Å². The SMILES string of the molecule is Fc1ccc2nc(C=Cc3ccc(N4CCCCC4)cc3)sc2c1. The third kappa shape index (κ3) is 3.34. The molecule has 24 heavy (non-hydrogen) atoms. The van der Waals surface area contributed by atoms with Gasteiger partial charge in [0.05, 0.1) is 10.2 Å². The number of fused-ring (bicyclic) bond motifs is 1. The van der Waals surface area contributed by atoms with Crippen molar-refractivity contribution in [3.05, 3.63) is 58.9 Å². The van der Waals surface area contributed by atoms with Gasteiger partial charge in [0, 0.05) is 18.8 Å². The number of thiazole rings is 1. The number of hydrogen-bond donors (Lipinski definition) is 0. The molecule has 0 saturated carbocycles. The highest BCUT2D eigenvalue weighted by Gasteiger charge is 2.10. The van der Waals surface area contributed by atoms with Crippen LogP contribution in [0.5, 0.6) is 0 Å². The van der Waals surface area contributed by atoms with E-state index >= 15 is 0 Å². The molecule has 2 aromatic carbocycles. The predicted octanol–water partition coefficient (Wildman–Crippen LogP) is 5.60. The summed E-state index contributed by atoms with van der Waals surface area (Å²) in [7, 11) is 0. The summed E-state index contributed by atoms with van der Waals surface area (Å²) in [6.07, 6.45) is 8.00. The van der Waals surface area contributed by atoms with E-state index in [0.29, 0.717) is 0 Å². The molecule has 1 aromatic heterocycles. The van der Waals surface area contributed by atoms with Crippen molar-refractivity contribution < 1.29 is 4.39 Å². The fraction of sp³-hybridized carbons (Fsp3) is 0.250. The van der Waals surface area contributed by atoms with Crippen LogP contribution in [0.3, 0.4) is 0 Å². The van der Waals surface area contributed by atoms with Crippen LogP contribution in [0.15, 0.2) is 42.5 Å². The minimum atomic E-state index is -0.213. The van der Waals surface area contributed by atoms with E-state index in [9.17, 15) is 4.39 Å². The summed E-state index contributed by atoms with van der Waals surface area (Å²) < 4.78 is 14.1. The van der Waals surface area contributed by atoms with Gasteiger partial charge in [-0.25, -0.2) is 9.37 Å². The van der Waals surface area contributed by atoms with Crippen molar-refractivity contribution in [1.29, 1.82) is 0 Å². The van der Waals surface area contributed by atoms with Crippen molar-refractivity contribution in [2.24, 2.45) is 0 Å². The van der Waals surface area contributed by atoms with E-state index in [2.05, 4.69) is 40.2 Å². The molecular weight excluding hydrogens is 319 g/mol. The fourth-order valence-electron chi connectivity index (χ4n) is 3.10. The topological polar surface area (TPSA) is 16.1 Å². The Morgan fingerprint density at radius 3 is 2.54 bits per heavy atom. The Hall–Kier alpha value is -2.20. The molecule has 0 aliphatic carbocycles. The van der Waals surface area contributed by atoms with Crippen molar-refractivity contribution >= 4 is 39.4 Å². The second-order valence-corrected chi connectivity index (χ2v) is 7.20. The first-order valence-electron chi connectivity index (χ1n) is 8.37. The molecule has 2 nitrogen and oxygen atoms in total. The van der Waals surface area contributed by atoms with E-state index in [1.165, 1.54) is 48.4 Å². The predicted molar refractivity (Wildman–Crippen MR) is 101 cm³/mol. The van der Waals surface area contributed by atoms with Gasteiger partial charge in [-0.2, -0.15) is 0 Å². The molecular formula is C20H19FN2S. The number of hydrogen-bond acceptors (Lipinski definition) is 3. The lowest BCUT2D eigenvalue weighted by Gasteiger charge is -2.28. The number of halogens is 1. The Morgan fingerprint density at radius 2 is 1.75 bits per heavy atom. The van der Waals surface area contributed by atoms with Gasteiger partial charge in [-0.15, -0.1) is 11.3 Å². The first kappa shape index (κ1) is 15.3. The van der Waals surface area contributed by atoms with E-state index in [4.69, 9.17) is 0 Å². The highest BCUT2D eigenvalue weighted by molar-refractivity contribution is 7.19. The molecule has 0 atom stereocenters. The quantitative estimate of drug-likeness (QED) is 0.618. The highest BCUT2D eigenvalue weighted by atomic mass is 32.1. The smallest absolute Gasteiger partial charge is 0.124 e. The van der Waals surface area contributed by atoms with Crippen LogP contribution in [0.4, 0.5) is 10.1 Å². The maximum absolute atomic E-state index is 13.2. The molecule has 0 spiro atoms. The van der Waals surface area contributed by atoms with Gasteiger partial charge in [0.25, 0.3) is 0 Å². The standard InChI is InChI=1S/C20H19FN2S/c21-16-7-10-18-19(14-16)24-20(22-18)11-6-15-4-8-17(9-5-15)23-12-2-1-3-13-23/h4-11,14H,1-3,12-13H2. The molecule has 1 aliphatic heterocycles. The number of rotatable bonds is 3. The van der Waals surface area contributed by atoms with Crippen molar-refractivity contribution in [3.63, 3.8) is 0 Å². The Kier molecular flexibility index (Phi) is 4.30. The molecule has 1 fully saturated rings. The van der Waals surface area contributed by atoms with Crippen LogP contribution >= 0.6 is 11.3 Å². The van der Waals surface area contributed by atoms with Crippen molar-refractivity contribution in [2.45, 2.75) is 19.3 Å². The van der Waals surface area contributed by atoms with Gasteiger partial charge < -0.3 is 4.90 Å². The molecule has 0 bridgehead atoms. The molecule has 4 heteroatoms. The van der Waals surface area contributed by atoms with E-state index in [0.717, 1.165) is 33.9 Å². The molecule has 0 N–H and O–H groups in total. The summed E-state index contributed by atoms with van der Waals surface area (Å²) >= 11 is 1.51. The average molecular weight is 338 g/mol. The lowest BCUT2D eigenvalue weighted by Crippen LogP contribution is -2.29. The van der Waals surface area contributed by atoms with Gasteiger partial charge in [0.2, 0.25) is 0 Å². The minimum Gasteiger partial charge on any atom is -0.372 e. The third-order valence-electron chi connectivity index (χ3n) is 4.40. The number of piperidine rings is 1. The molecule has 4 rings (SSSR count). The zero-order chi connectivity index (χ0) is 16.4. The van der Waals surface area contributed by atoms with Gasteiger partial charge in [0.15, 0.2) is 0 Å². The number of anilines is 1. The van der Waals surface area contributed by atoms with Crippen LogP contribution < -0.4 is 4.90 Å². The van der Waals surface area contributed by atoms with Gasteiger partial charge in [-0.1, -0.05) is 18.2 Å². The van der Waals surface area contributed by atoms with Crippen molar-refractivity contribution in [3.8, 4) is 0 Å². The fourth-order valence-corrected chi connectivity index (χ4v) is 4.00. The lowest BCUT2D eigenvalue weighted by atomic mass is 10.1. The van der Waals surface area contributed by atoms with Crippen LogP contribution in [-0.4, -0.2) is 18.1 Å². The van der Waals surface area contributed by atoms with Gasteiger partial charge in [-0.05, 0) is 61.2 Å². The largest absolute Gasteiger partial charge is 0.372 e. The van der Waals surface area contributed by atoms with Crippen LogP contribution in [0.25, 0.3) is 22.4 Å². The van der Waals surface area contributed by atoms with Crippen LogP contribution in [0, 0.1) is 5.82 Å². The monoisotopic (exact) mass is 338 g/mol. The summed E-state index contributed by atoms with van der Waals surface area (Å²) in [6.45, 7) is 2.33. The van der Waals surface area contributed by atoms with Crippen molar-refractivity contribution in [1.82, 2.24) is 4.98 Å². The molecule has 1 aliphatic rings. The van der Waals surface area contributed by atoms with E-state index in [-0.39, 0.29) is 5.82 Å². The lowest BCUT2D eigenvalue weighted by molar-refractivity contribution is 0.578. The summed E-state index contributed by atoms with van der Waals surface area (Å²) in [4.78, 5) is 6.97. The zero-order valence-corrected chi connectivity index (χ0v) is 14.2. The van der Waals surface area contributed by atoms with Gasteiger partial charge in [0.1, 0.15) is 10.8 Å². The molecule has 2 heterocycles. The second-order valence-electron chi connectivity index (χ2n) is 6.14. The maximum Gasteiger partial charge on any atom is 0.124 e. The third-order valence-corrected chi connectivity index (χ3v) is 5.38. The Labute approximate surface area is 145 Å². The van der Waals surface area contributed by atoms with Crippen LogP contribution in [0.1, 0.15) is 29.8 Å². The summed E-state index contributed by atoms with van der Waals surface area (Å²) in [5, 5.41) is 0.899. The first-order valence-corrected chi connectivity index (χ1v) is 9.19. The van der Waals surface area contributed by atoms with Crippen LogP contribution in [-0.2, 0) is 0 Å². The van der Waals surface area contributed by atoms with Gasteiger partial charge >= 0.3 is 0 Å². The number of nitrogens with zero attached hydrogens (tertiary/aromatic N) is 2. The number of aromatic nitrogens is 1. The van der Waals surface area contributed by atoms with E-state index in [1.807, 2.05) is 6.08 Å². The average Bonchev–Trinajstić information content (AvgIpc) is 3.03. The molecule has 122 valence electrons. The summed E-state index contributed by atoms with van der Waals surface area (Å²) in [5.41, 5.74) is 3.31. The number of benzene rings is 2. The summed E-state index contributed by atoms with van der Waals surface area (Å²) in [5.74, 6) is -0.213. The Bertz CT molecular complexity index is 861. The van der Waals surface area contributed by atoms with Gasteiger partial charge in [-0.3, -0.25) is 0 Å².